The first-order valence-corrected chi connectivity index (χ1v) is 2.28. The molecule has 0 atom stereocenters. The van der Waals surface area contributed by atoms with Crippen LogP contribution in [-0.2, 0) is 0 Å². The van der Waals surface area contributed by atoms with Crippen molar-refractivity contribution in [3.05, 3.63) is 9.58 Å². The van der Waals surface area contributed by atoms with Gasteiger partial charge in [0, 0.05) is 0 Å². The maximum atomic E-state index is 8.07. The van der Waals surface area contributed by atoms with Crippen LogP contribution in [0.25, 0.3) is 0 Å². The van der Waals surface area contributed by atoms with Crippen LogP contribution in [0.5, 0.6) is 0 Å². The molecule has 0 aromatic carbocycles. The van der Waals surface area contributed by atoms with Crippen LogP contribution in [0, 0.1) is 0 Å². The number of hydrogen-bond donors (Lipinski definition) is 2. The van der Waals surface area contributed by atoms with E-state index < -0.39 is 5.22 Å². The monoisotopic (exact) mass is 144 g/mol. The van der Waals surface area contributed by atoms with Crippen LogP contribution < -0.4 is 0 Å². The van der Waals surface area contributed by atoms with Crippen LogP contribution in [-0.4, -0.2) is 5.11 Å². The third-order valence-electron chi connectivity index (χ3n) is 0.170. The lowest BCUT2D eigenvalue weighted by Crippen LogP contribution is -1.61. The zero-order valence-corrected chi connectivity index (χ0v) is 5.06. The lowest BCUT2D eigenvalue weighted by molar-refractivity contribution is 0.453. The van der Waals surface area contributed by atoms with Crippen LogP contribution in [0.15, 0.2) is 9.58 Å². The lowest BCUT2D eigenvalue weighted by atomic mass is 11.1. The van der Waals surface area contributed by atoms with Crippen molar-refractivity contribution in [3.63, 3.8) is 0 Å². The van der Waals surface area contributed by atoms with E-state index in [0.717, 1.165) is 0 Å². The molecule has 0 aliphatic heterocycles. The molecular weight excluding hydrogens is 143 g/mol. The van der Waals surface area contributed by atoms with Crippen LogP contribution >= 0.6 is 35.8 Å². The van der Waals surface area contributed by atoms with Crippen LogP contribution in [0.2, 0.25) is 0 Å². The maximum Gasteiger partial charge on any atom is 0.209 e. The Balaban J connectivity index is 3.68. The number of hydrogen-bond acceptors (Lipinski definition) is 2. The Hall–Kier alpha value is 0.470. The van der Waals surface area contributed by atoms with Crippen molar-refractivity contribution in [2.45, 2.75) is 0 Å². The Morgan fingerprint density at radius 3 is 1.67 bits per heavy atom. The Morgan fingerprint density at radius 2 is 1.67 bits per heavy atom. The Kier molecular flexibility index (Phi) is 2.82. The minimum absolute atomic E-state index is 0.0864. The summed E-state index contributed by atoms with van der Waals surface area (Å²) in [6.07, 6.45) is 0. The van der Waals surface area contributed by atoms with Crippen molar-refractivity contribution in [1.82, 2.24) is 0 Å². The fourth-order valence-corrected chi connectivity index (χ4v) is 0. The largest absolute Gasteiger partial charge is 0.497 e. The summed E-state index contributed by atoms with van der Waals surface area (Å²) in [6, 6.07) is 0. The summed E-state index contributed by atoms with van der Waals surface area (Å²) in [7, 11) is 0. The van der Waals surface area contributed by atoms with Crippen LogP contribution in [0.3, 0.4) is 0 Å². The number of aliphatic hydroxyl groups is 1. The van der Waals surface area contributed by atoms with Gasteiger partial charge in [0.2, 0.25) is 5.22 Å². The molecule has 0 aliphatic rings. The summed E-state index contributed by atoms with van der Waals surface area (Å²) in [5.41, 5.74) is 0. The van der Waals surface area contributed by atoms with Gasteiger partial charge >= 0.3 is 0 Å². The van der Waals surface area contributed by atoms with E-state index in [-0.39, 0.29) is 4.36 Å². The van der Waals surface area contributed by atoms with Gasteiger partial charge in [0.25, 0.3) is 0 Å². The molecule has 0 heterocycles. The van der Waals surface area contributed by atoms with Crippen molar-refractivity contribution < 1.29 is 5.11 Å². The van der Waals surface area contributed by atoms with Gasteiger partial charge in [0.15, 0.2) is 0 Å². The number of halogens is 2. The van der Waals surface area contributed by atoms with E-state index in [9.17, 15) is 0 Å². The van der Waals surface area contributed by atoms with Crippen LogP contribution in [0.4, 0.5) is 0 Å². The molecule has 0 aliphatic carbocycles. The average molecular weight is 145 g/mol. The first-order chi connectivity index (χ1) is 2.64. The molecule has 0 radical (unpaired) electrons. The molecule has 0 amide bonds. The summed E-state index contributed by atoms with van der Waals surface area (Å²) < 4.78 is -0.0864. The van der Waals surface area contributed by atoms with E-state index in [0.29, 0.717) is 0 Å². The highest BCUT2D eigenvalue weighted by Crippen LogP contribution is 2.12. The molecule has 0 fully saturated rings. The summed E-state index contributed by atoms with van der Waals surface area (Å²) >= 11 is 13.3. The topological polar surface area (TPSA) is 20.2 Å². The summed E-state index contributed by atoms with van der Waals surface area (Å²) in [5, 5.41) is 7.59. The van der Waals surface area contributed by atoms with Crippen molar-refractivity contribution in [2.24, 2.45) is 0 Å². The summed E-state index contributed by atoms with van der Waals surface area (Å²) in [5.74, 6) is 0. The van der Waals surface area contributed by atoms with Crippen molar-refractivity contribution >= 4 is 35.8 Å². The normalized spacial score (nSPS) is 13.8. The van der Waals surface area contributed by atoms with Crippen molar-refractivity contribution in [3.8, 4) is 0 Å². The van der Waals surface area contributed by atoms with E-state index in [1.165, 1.54) is 0 Å². The standard InChI is InChI=1S/C2H2Cl2OS/c3-1(5)2(4)6/h5-6H. The van der Waals surface area contributed by atoms with Gasteiger partial charge in [-0.15, -0.1) is 12.6 Å². The highest BCUT2D eigenvalue weighted by Gasteiger charge is 1.86. The predicted octanol–water partition coefficient (Wildman–Crippen LogP) is 2.08. The molecule has 0 aromatic rings. The molecule has 0 saturated carbocycles. The average Bonchev–Trinajstić information content (AvgIpc) is 1.36. The molecule has 0 spiro atoms. The number of rotatable bonds is 0. The quantitative estimate of drug-likeness (QED) is 0.395. The first-order valence-electron chi connectivity index (χ1n) is 1.08. The minimum atomic E-state index is -0.472. The third-order valence-corrected chi connectivity index (χ3v) is 0.979. The molecule has 0 rings (SSSR count). The smallest absolute Gasteiger partial charge is 0.209 e. The van der Waals surface area contributed by atoms with Gasteiger partial charge in [-0.2, -0.15) is 0 Å². The fraction of sp³-hybridized carbons (Fsp3) is 0. The van der Waals surface area contributed by atoms with Crippen LogP contribution in [0.1, 0.15) is 0 Å². The number of aliphatic hydroxyl groups excluding tert-OH is 1. The molecule has 0 aromatic heterocycles. The Labute approximate surface area is 51.0 Å². The molecule has 1 nitrogen and oxygen atoms in total. The van der Waals surface area contributed by atoms with E-state index in [1.807, 2.05) is 0 Å². The summed E-state index contributed by atoms with van der Waals surface area (Å²) in [4.78, 5) is 0. The second-order valence-corrected chi connectivity index (χ2v) is 2.03. The van der Waals surface area contributed by atoms with Gasteiger partial charge < -0.3 is 5.11 Å². The van der Waals surface area contributed by atoms with E-state index >= 15 is 0 Å². The molecule has 0 saturated heterocycles. The van der Waals surface area contributed by atoms with Gasteiger partial charge in [0.05, 0.1) is 0 Å². The SMILES string of the molecule is OC(Cl)=C(S)Cl. The third kappa shape index (κ3) is 2.69. The predicted molar refractivity (Wildman–Crippen MR) is 30.3 cm³/mol. The van der Waals surface area contributed by atoms with Gasteiger partial charge in [-0.05, 0) is 11.6 Å². The molecule has 36 valence electrons. The Morgan fingerprint density at radius 1 is 1.50 bits per heavy atom. The molecular formula is C2H2Cl2OS. The first kappa shape index (κ1) is 6.47. The highest BCUT2D eigenvalue weighted by molar-refractivity contribution is 7.86. The highest BCUT2D eigenvalue weighted by atomic mass is 35.5. The zero-order chi connectivity index (χ0) is 5.15. The molecule has 0 unspecified atom stereocenters. The molecule has 1 N–H and O–H groups in total. The van der Waals surface area contributed by atoms with Gasteiger partial charge in [0.1, 0.15) is 4.36 Å². The van der Waals surface area contributed by atoms with Gasteiger partial charge in [-0.25, -0.2) is 0 Å². The Bertz CT molecular complexity index is 61.6. The maximum absolute atomic E-state index is 8.07. The zero-order valence-electron chi connectivity index (χ0n) is 2.65. The second kappa shape index (κ2) is 2.61. The van der Waals surface area contributed by atoms with E-state index in [2.05, 4.69) is 12.6 Å². The summed E-state index contributed by atoms with van der Waals surface area (Å²) in [6.45, 7) is 0. The van der Waals surface area contributed by atoms with E-state index in [1.54, 1.807) is 0 Å². The van der Waals surface area contributed by atoms with Crippen molar-refractivity contribution in [1.29, 1.82) is 0 Å². The lowest BCUT2D eigenvalue weighted by Gasteiger charge is -1.80. The molecule has 4 heteroatoms. The second-order valence-electron chi connectivity index (χ2n) is 0.582. The van der Waals surface area contributed by atoms with E-state index in [4.69, 9.17) is 28.3 Å². The fourth-order valence-electron chi connectivity index (χ4n) is 0. The van der Waals surface area contributed by atoms with Gasteiger partial charge in [-0.1, -0.05) is 11.6 Å². The van der Waals surface area contributed by atoms with Crippen molar-refractivity contribution in [2.75, 3.05) is 0 Å². The molecule has 0 bridgehead atoms. The number of thiol groups is 1. The minimum Gasteiger partial charge on any atom is -0.497 e. The molecule has 6 heavy (non-hydrogen) atoms. The van der Waals surface area contributed by atoms with Gasteiger partial charge in [-0.3, -0.25) is 0 Å².